The maximum Gasteiger partial charge on any atom is 0.416 e. The van der Waals surface area contributed by atoms with Crippen molar-refractivity contribution in [1.82, 2.24) is 4.90 Å². The van der Waals surface area contributed by atoms with Crippen LogP contribution in [0.3, 0.4) is 0 Å². The molecule has 2 aliphatic heterocycles. The monoisotopic (exact) mass is 437 g/mol. The summed E-state index contributed by atoms with van der Waals surface area (Å²) in [6.45, 7) is 12.6. The summed E-state index contributed by atoms with van der Waals surface area (Å²) in [6, 6.07) is 6.04. The van der Waals surface area contributed by atoms with Crippen LogP contribution in [0.1, 0.15) is 70.9 Å². The summed E-state index contributed by atoms with van der Waals surface area (Å²) in [6.07, 6.45) is 3.82. The molecule has 0 radical (unpaired) electrons. The van der Waals surface area contributed by atoms with Crippen LogP contribution in [-0.2, 0) is 16.3 Å². The molecule has 2 fully saturated rings. The Balaban J connectivity index is 1.67. The lowest BCUT2D eigenvalue weighted by Gasteiger charge is -2.42. The van der Waals surface area contributed by atoms with Gasteiger partial charge in [0, 0.05) is 19.3 Å². The molecule has 1 aromatic rings. The summed E-state index contributed by atoms with van der Waals surface area (Å²) in [4.78, 5) is 2.59. The molecular formula is C26H38F3NO. The van der Waals surface area contributed by atoms with Crippen molar-refractivity contribution in [2.45, 2.75) is 77.4 Å². The molecule has 2 aliphatic rings. The zero-order chi connectivity index (χ0) is 22.6. The van der Waals surface area contributed by atoms with Gasteiger partial charge >= 0.3 is 6.18 Å². The molecule has 174 valence electrons. The van der Waals surface area contributed by atoms with Crippen LogP contribution >= 0.6 is 0 Å². The van der Waals surface area contributed by atoms with Gasteiger partial charge in [0.15, 0.2) is 0 Å². The Morgan fingerprint density at radius 2 is 1.48 bits per heavy atom. The molecule has 0 spiro atoms. The number of benzene rings is 1. The number of halogens is 3. The van der Waals surface area contributed by atoms with E-state index in [1.54, 1.807) is 12.1 Å². The van der Waals surface area contributed by atoms with Crippen LogP contribution in [0.5, 0.6) is 0 Å². The van der Waals surface area contributed by atoms with Crippen LogP contribution in [0.4, 0.5) is 13.2 Å². The molecule has 31 heavy (non-hydrogen) atoms. The molecule has 1 atom stereocenters. The van der Waals surface area contributed by atoms with Gasteiger partial charge in [-0.25, -0.2) is 0 Å². The van der Waals surface area contributed by atoms with Crippen molar-refractivity contribution >= 4 is 0 Å². The van der Waals surface area contributed by atoms with E-state index in [1.807, 2.05) is 0 Å². The van der Waals surface area contributed by atoms with Crippen molar-refractivity contribution < 1.29 is 17.9 Å². The van der Waals surface area contributed by atoms with Crippen molar-refractivity contribution in [2.75, 3.05) is 26.3 Å². The average molecular weight is 438 g/mol. The maximum absolute atomic E-state index is 13.0. The number of ether oxygens (including phenoxy) is 1. The minimum Gasteiger partial charge on any atom is -0.381 e. The van der Waals surface area contributed by atoms with Gasteiger partial charge in [-0.05, 0) is 94.0 Å². The molecule has 0 unspecified atom stereocenters. The van der Waals surface area contributed by atoms with Gasteiger partial charge < -0.3 is 4.74 Å². The topological polar surface area (TPSA) is 12.5 Å². The molecule has 0 N–H and O–H groups in total. The summed E-state index contributed by atoms with van der Waals surface area (Å²) in [5.41, 5.74) is 1.46. The van der Waals surface area contributed by atoms with Crippen molar-refractivity contribution in [1.29, 1.82) is 0 Å². The fraction of sp³-hybridized carbons (Fsp3) is 0.692. The van der Waals surface area contributed by atoms with Crippen molar-refractivity contribution in [2.24, 2.45) is 11.8 Å². The number of hydrogen-bond acceptors (Lipinski definition) is 2. The molecule has 2 nitrogen and oxygen atoms in total. The molecule has 0 bridgehead atoms. The Morgan fingerprint density at radius 3 is 2.00 bits per heavy atom. The van der Waals surface area contributed by atoms with E-state index < -0.39 is 11.7 Å². The maximum atomic E-state index is 13.0. The zero-order valence-corrected chi connectivity index (χ0v) is 19.5. The molecule has 1 aromatic carbocycles. The van der Waals surface area contributed by atoms with Gasteiger partial charge in [0.1, 0.15) is 0 Å². The van der Waals surface area contributed by atoms with Crippen LogP contribution < -0.4 is 0 Å². The molecule has 3 rings (SSSR count). The predicted octanol–water partition coefficient (Wildman–Crippen LogP) is 6.85. The van der Waals surface area contributed by atoms with Crippen LogP contribution in [0.25, 0.3) is 0 Å². The standard InChI is InChI=1S/C26H38F3NO/c1-19(2)17-24(30-13-9-20(10-14-30)21-11-15-31-16-12-21)18-25(3,4)22-5-7-23(8-6-22)26(27,28)29/h5-8,17,20-21,24H,9-16,18H2,1-4H3/t24-/m0/s1. The fourth-order valence-corrected chi connectivity index (χ4v) is 5.34. The second kappa shape index (κ2) is 10.1. The number of alkyl halides is 3. The summed E-state index contributed by atoms with van der Waals surface area (Å²) in [5.74, 6) is 1.61. The Hall–Kier alpha value is -1.33. The van der Waals surface area contributed by atoms with Crippen LogP contribution in [-0.4, -0.2) is 37.2 Å². The normalized spacial score (nSPS) is 21.1. The lowest BCUT2D eigenvalue weighted by atomic mass is 9.76. The fourth-order valence-electron chi connectivity index (χ4n) is 5.34. The van der Waals surface area contributed by atoms with Crippen LogP contribution in [0.2, 0.25) is 0 Å². The average Bonchev–Trinajstić information content (AvgIpc) is 2.73. The van der Waals surface area contributed by atoms with Crippen molar-refractivity contribution in [3.63, 3.8) is 0 Å². The first kappa shape index (κ1) is 24.3. The highest BCUT2D eigenvalue weighted by molar-refractivity contribution is 5.30. The summed E-state index contributed by atoms with van der Waals surface area (Å²) >= 11 is 0. The van der Waals surface area contributed by atoms with Gasteiger partial charge in [0.2, 0.25) is 0 Å². The SMILES string of the molecule is CC(C)=C[C@@H](CC(C)(C)c1ccc(C(F)(F)F)cc1)N1CCC(C2CCOCC2)CC1. The minimum atomic E-state index is -4.29. The quantitative estimate of drug-likeness (QED) is 0.452. The molecule has 5 heteroatoms. The first-order valence-electron chi connectivity index (χ1n) is 11.7. The van der Waals surface area contributed by atoms with E-state index in [4.69, 9.17) is 4.74 Å². The Kier molecular flexibility index (Phi) is 7.90. The summed E-state index contributed by atoms with van der Waals surface area (Å²) < 4.78 is 44.4. The zero-order valence-electron chi connectivity index (χ0n) is 19.5. The number of hydrogen-bond donors (Lipinski definition) is 0. The lowest BCUT2D eigenvalue weighted by Crippen LogP contribution is -2.44. The molecule has 0 aliphatic carbocycles. The second-order valence-electron chi connectivity index (χ2n) is 10.3. The van der Waals surface area contributed by atoms with Gasteiger partial charge in [0.05, 0.1) is 5.56 Å². The number of rotatable bonds is 6. The van der Waals surface area contributed by atoms with E-state index in [2.05, 4.69) is 38.7 Å². The van der Waals surface area contributed by atoms with Crippen LogP contribution in [0.15, 0.2) is 35.9 Å². The number of allylic oxidation sites excluding steroid dienone is 1. The smallest absolute Gasteiger partial charge is 0.381 e. The van der Waals surface area contributed by atoms with Gasteiger partial charge in [-0.15, -0.1) is 0 Å². The third kappa shape index (κ3) is 6.58. The van der Waals surface area contributed by atoms with Gasteiger partial charge in [-0.1, -0.05) is 37.6 Å². The third-order valence-electron chi connectivity index (χ3n) is 7.21. The van der Waals surface area contributed by atoms with E-state index in [0.29, 0.717) is 6.04 Å². The van der Waals surface area contributed by atoms with E-state index in [-0.39, 0.29) is 5.41 Å². The van der Waals surface area contributed by atoms with Gasteiger partial charge in [-0.2, -0.15) is 13.2 Å². The number of nitrogens with zero attached hydrogens (tertiary/aromatic N) is 1. The molecule has 0 saturated carbocycles. The lowest BCUT2D eigenvalue weighted by molar-refractivity contribution is -0.137. The Morgan fingerprint density at radius 1 is 0.968 bits per heavy atom. The largest absolute Gasteiger partial charge is 0.416 e. The first-order chi connectivity index (χ1) is 14.6. The van der Waals surface area contributed by atoms with E-state index in [1.165, 1.54) is 43.4 Å². The number of likely N-dealkylation sites (tertiary alicyclic amines) is 1. The van der Waals surface area contributed by atoms with Crippen molar-refractivity contribution in [3.8, 4) is 0 Å². The van der Waals surface area contributed by atoms with Gasteiger partial charge in [-0.3, -0.25) is 4.90 Å². The van der Waals surface area contributed by atoms with Gasteiger partial charge in [0.25, 0.3) is 0 Å². The summed E-state index contributed by atoms with van der Waals surface area (Å²) in [7, 11) is 0. The van der Waals surface area contributed by atoms with Crippen LogP contribution in [0, 0.1) is 11.8 Å². The van der Waals surface area contributed by atoms with E-state index in [9.17, 15) is 13.2 Å². The predicted molar refractivity (Wildman–Crippen MR) is 120 cm³/mol. The molecule has 0 amide bonds. The second-order valence-corrected chi connectivity index (χ2v) is 10.3. The highest BCUT2D eigenvalue weighted by Crippen LogP contribution is 2.37. The minimum absolute atomic E-state index is 0.210. The Bertz CT molecular complexity index is 720. The highest BCUT2D eigenvalue weighted by Gasteiger charge is 2.34. The molecule has 0 aromatic heterocycles. The summed E-state index contributed by atoms with van der Waals surface area (Å²) in [5, 5.41) is 0. The molecule has 2 saturated heterocycles. The molecule has 2 heterocycles. The highest BCUT2D eigenvalue weighted by atomic mass is 19.4. The molecular weight excluding hydrogens is 399 g/mol. The van der Waals surface area contributed by atoms with E-state index in [0.717, 1.165) is 50.1 Å². The first-order valence-corrected chi connectivity index (χ1v) is 11.7. The third-order valence-corrected chi connectivity index (χ3v) is 7.21. The number of piperidine rings is 1. The van der Waals surface area contributed by atoms with Crippen molar-refractivity contribution in [3.05, 3.63) is 47.0 Å². The Labute approximate surface area is 185 Å². The van der Waals surface area contributed by atoms with E-state index >= 15 is 0 Å².